The summed E-state index contributed by atoms with van der Waals surface area (Å²) in [5.41, 5.74) is 1.93. The molecule has 1 N–H and O–H groups in total. The van der Waals surface area contributed by atoms with Gasteiger partial charge in [0, 0.05) is 19.4 Å². The van der Waals surface area contributed by atoms with E-state index in [2.05, 4.69) is 58.1 Å². The molecule has 0 aliphatic rings. The lowest BCUT2D eigenvalue weighted by molar-refractivity contribution is 0.103. The number of rotatable bonds is 3. The van der Waals surface area contributed by atoms with Crippen molar-refractivity contribution in [2.24, 2.45) is 0 Å². The van der Waals surface area contributed by atoms with Crippen molar-refractivity contribution in [1.29, 1.82) is 0 Å². The summed E-state index contributed by atoms with van der Waals surface area (Å²) >= 11 is 13.1. The molecule has 0 saturated heterocycles. The van der Waals surface area contributed by atoms with Gasteiger partial charge >= 0.3 is 0 Å². The summed E-state index contributed by atoms with van der Waals surface area (Å²) in [6.45, 7) is 2.00. The molecule has 0 spiro atoms. The third-order valence-electron chi connectivity index (χ3n) is 3.00. The largest absolute Gasteiger partial charge is 0.297 e. The number of hydrogen-bond acceptors (Lipinski definition) is 4. The zero-order valence-corrected chi connectivity index (χ0v) is 18.1. The molecule has 0 aliphatic carbocycles. The molecule has 1 amide bonds. The monoisotopic (exact) mass is 534 g/mol. The number of benzene rings is 1. The number of hydrogen-bond donors (Lipinski definition) is 1. The molecule has 0 aliphatic heterocycles. The Kier molecular flexibility index (Phi) is 5.37. The number of nitrogens with zero attached hydrogens (tertiary/aromatic N) is 1. The first-order valence-electron chi connectivity index (χ1n) is 6.43. The van der Waals surface area contributed by atoms with Crippen LogP contribution in [0.4, 0.5) is 5.13 Å². The molecule has 0 unspecified atom stereocenters. The second kappa shape index (κ2) is 7.14. The molecule has 3 rings (SSSR count). The van der Waals surface area contributed by atoms with Gasteiger partial charge in [-0.05, 0) is 57.0 Å². The number of carbonyl (C=O) groups excluding carboxylic acids is 1. The predicted octanol–water partition coefficient (Wildman–Crippen LogP) is 6.72. The third-order valence-corrected chi connectivity index (χ3v) is 7.67. The van der Waals surface area contributed by atoms with Crippen molar-refractivity contribution >= 4 is 81.5 Å². The van der Waals surface area contributed by atoms with Crippen molar-refractivity contribution in [2.45, 2.75) is 6.92 Å². The first kappa shape index (κ1) is 17.3. The summed E-state index contributed by atoms with van der Waals surface area (Å²) in [4.78, 5) is 18.5. The molecular formula is C15H9Br3N2OS2. The average molecular weight is 537 g/mol. The average Bonchev–Trinajstić information content (AvgIpc) is 3.03. The standard InChI is InChI=1S/C15H9Br3N2OS2/c1-7-12(8-2-4-9(16)5-3-8)19-15(22-7)20-14(21)11-6-10(17)13(18)23-11/h2-6H,1H3,(H,19,20,21). The van der Waals surface area contributed by atoms with Crippen molar-refractivity contribution in [2.75, 3.05) is 5.32 Å². The molecule has 23 heavy (non-hydrogen) atoms. The lowest BCUT2D eigenvalue weighted by atomic mass is 10.1. The van der Waals surface area contributed by atoms with Gasteiger partial charge in [-0.1, -0.05) is 28.1 Å². The lowest BCUT2D eigenvalue weighted by Crippen LogP contribution is -2.09. The highest BCUT2D eigenvalue weighted by molar-refractivity contribution is 9.13. The van der Waals surface area contributed by atoms with Gasteiger partial charge in [-0.2, -0.15) is 0 Å². The summed E-state index contributed by atoms with van der Waals surface area (Å²) in [6, 6.07) is 9.76. The highest BCUT2D eigenvalue weighted by Gasteiger charge is 2.16. The third kappa shape index (κ3) is 3.93. The molecule has 0 saturated carbocycles. The molecule has 0 atom stereocenters. The molecule has 8 heteroatoms. The number of amides is 1. The first-order chi connectivity index (χ1) is 10.9. The van der Waals surface area contributed by atoms with E-state index in [0.717, 1.165) is 28.9 Å². The molecule has 0 radical (unpaired) electrons. The van der Waals surface area contributed by atoms with Crippen LogP contribution in [-0.2, 0) is 0 Å². The fourth-order valence-corrected chi connectivity index (χ4v) is 4.97. The molecule has 1 aromatic carbocycles. The fraction of sp³-hybridized carbons (Fsp3) is 0.0667. The molecule has 3 nitrogen and oxygen atoms in total. The second-order valence-corrected chi connectivity index (χ2v) is 9.96. The normalized spacial score (nSPS) is 10.8. The van der Waals surface area contributed by atoms with Crippen LogP contribution in [0.15, 0.2) is 43.1 Å². The maximum absolute atomic E-state index is 12.3. The highest BCUT2D eigenvalue weighted by Crippen LogP contribution is 2.34. The molecular weight excluding hydrogens is 528 g/mol. The zero-order valence-electron chi connectivity index (χ0n) is 11.7. The van der Waals surface area contributed by atoms with Crippen LogP contribution < -0.4 is 5.32 Å². The Morgan fingerprint density at radius 2 is 1.83 bits per heavy atom. The van der Waals surface area contributed by atoms with E-state index in [0.29, 0.717) is 10.0 Å². The van der Waals surface area contributed by atoms with E-state index in [1.807, 2.05) is 31.2 Å². The fourth-order valence-electron chi connectivity index (χ4n) is 1.94. The van der Waals surface area contributed by atoms with Crippen LogP contribution in [0.2, 0.25) is 0 Å². The van der Waals surface area contributed by atoms with Crippen LogP contribution in [0, 0.1) is 6.92 Å². The number of nitrogens with one attached hydrogen (secondary N) is 1. The Bertz CT molecular complexity index is 852. The Morgan fingerprint density at radius 1 is 1.13 bits per heavy atom. The Labute approximate surface area is 166 Å². The quantitative estimate of drug-likeness (QED) is 0.404. The Balaban J connectivity index is 1.83. The SMILES string of the molecule is Cc1sc(NC(=O)c2cc(Br)c(Br)s2)nc1-c1ccc(Br)cc1. The van der Waals surface area contributed by atoms with Crippen LogP contribution >= 0.6 is 70.5 Å². The molecule has 2 aromatic heterocycles. The summed E-state index contributed by atoms with van der Waals surface area (Å²) < 4.78 is 2.79. The van der Waals surface area contributed by atoms with Crippen molar-refractivity contribution in [1.82, 2.24) is 4.98 Å². The van der Waals surface area contributed by atoms with Gasteiger partial charge in [0.15, 0.2) is 5.13 Å². The molecule has 2 heterocycles. The number of aryl methyl sites for hydroxylation is 1. The van der Waals surface area contributed by atoms with Crippen LogP contribution in [0.1, 0.15) is 14.5 Å². The number of thiazole rings is 1. The van der Waals surface area contributed by atoms with Gasteiger partial charge in [-0.25, -0.2) is 4.98 Å². The van der Waals surface area contributed by atoms with E-state index in [1.165, 1.54) is 22.7 Å². The smallest absolute Gasteiger partial charge is 0.267 e. The van der Waals surface area contributed by atoms with Gasteiger partial charge in [0.05, 0.1) is 14.4 Å². The zero-order chi connectivity index (χ0) is 16.6. The van der Waals surface area contributed by atoms with Crippen molar-refractivity contribution in [3.63, 3.8) is 0 Å². The van der Waals surface area contributed by atoms with E-state index in [9.17, 15) is 4.79 Å². The maximum Gasteiger partial charge on any atom is 0.267 e. The summed E-state index contributed by atoms with van der Waals surface area (Å²) in [5, 5.41) is 3.47. The van der Waals surface area contributed by atoms with E-state index in [4.69, 9.17) is 0 Å². The van der Waals surface area contributed by atoms with Crippen LogP contribution in [0.5, 0.6) is 0 Å². The van der Waals surface area contributed by atoms with Gasteiger partial charge < -0.3 is 0 Å². The van der Waals surface area contributed by atoms with Crippen LogP contribution in [0.3, 0.4) is 0 Å². The van der Waals surface area contributed by atoms with Crippen molar-refractivity contribution in [3.05, 3.63) is 52.8 Å². The van der Waals surface area contributed by atoms with Gasteiger partial charge in [0.2, 0.25) is 0 Å². The topological polar surface area (TPSA) is 42.0 Å². The minimum absolute atomic E-state index is 0.155. The number of anilines is 1. The molecule has 0 bridgehead atoms. The van der Waals surface area contributed by atoms with E-state index in [-0.39, 0.29) is 5.91 Å². The maximum atomic E-state index is 12.3. The second-order valence-electron chi connectivity index (χ2n) is 4.62. The van der Waals surface area contributed by atoms with Crippen LogP contribution in [-0.4, -0.2) is 10.9 Å². The summed E-state index contributed by atoms with van der Waals surface area (Å²) in [7, 11) is 0. The Morgan fingerprint density at radius 3 is 2.43 bits per heavy atom. The Hall–Kier alpha value is -0.540. The van der Waals surface area contributed by atoms with Gasteiger partial charge in [0.1, 0.15) is 0 Å². The lowest BCUT2D eigenvalue weighted by Gasteiger charge is -1.99. The molecule has 3 aromatic rings. The predicted molar refractivity (Wildman–Crippen MR) is 108 cm³/mol. The van der Waals surface area contributed by atoms with E-state index in [1.54, 1.807) is 6.07 Å². The number of halogens is 3. The number of thiophene rings is 1. The van der Waals surface area contributed by atoms with Crippen molar-refractivity contribution in [3.8, 4) is 11.3 Å². The van der Waals surface area contributed by atoms with Gasteiger partial charge in [-0.15, -0.1) is 22.7 Å². The minimum Gasteiger partial charge on any atom is -0.297 e. The van der Waals surface area contributed by atoms with Gasteiger partial charge in [-0.3, -0.25) is 10.1 Å². The van der Waals surface area contributed by atoms with E-state index < -0.39 is 0 Å². The van der Waals surface area contributed by atoms with Crippen LogP contribution in [0.25, 0.3) is 11.3 Å². The summed E-state index contributed by atoms with van der Waals surface area (Å²) in [5.74, 6) is -0.155. The number of carbonyl (C=O) groups is 1. The molecule has 0 fully saturated rings. The minimum atomic E-state index is -0.155. The highest BCUT2D eigenvalue weighted by atomic mass is 79.9. The van der Waals surface area contributed by atoms with Crippen molar-refractivity contribution < 1.29 is 4.79 Å². The first-order valence-corrected chi connectivity index (χ1v) is 10.4. The van der Waals surface area contributed by atoms with Gasteiger partial charge in [0.25, 0.3) is 5.91 Å². The number of aromatic nitrogens is 1. The summed E-state index contributed by atoms with van der Waals surface area (Å²) in [6.07, 6.45) is 0. The molecule has 118 valence electrons. The van der Waals surface area contributed by atoms with E-state index >= 15 is 0 Å².